The zero-order valence-corrected chi connectivity index (χ0v) is 22.9. The van der Waals surface area contributed by atoms with Gasteiger partial charge in [0.25, 0.3) is 0 Å². The van der Waals surface area contributed by atoms with Crippen LogP contribution in [0.5, 0.6) is 11.5 Å². The SMILES string of the molecule is COc1cc2c(cc1Nc1nc(Nc3ccccc3P(C)(C)=O)c3cc[nH]c3n1)OC[C@H]1CN(C)CCN21. The fourth-order valence-electron chi connectivity index (χ4n) is 5.20. The largest absolute Gasteiger partial charge is 0.494 e. The number of nitrogens with zero attached hydrogens (tertiary/aromatic N) is 4. The molecule has 1 fully saturated rings. The summed E-state index contributed by atoms with van der Waals surface area (Å²) in [6, 6.07) is 13.8. The van der Waals surface area contributed by atoms with Crippen molar-refractivity contribution in [3.05, 3.63) is 48.7 Å². The number of nitrogens with one attached hydrogen (secondary N) is 3. The lowest BCUT2D eigenvalue weighted by molar-refractivity contribution is 0.188. The average Bonchev–Trinajstić information content (AvgIpc) is 3.37. The van der Waals surface area contributed by atoms with Gasteiger partial charge in [-0.3, -0.25) is 0 Å². The fraction of sp³-hybridized carbons (Fsp3) is 0.333. The number of para-hydroxylation sites is 1. The van der Waals surface area contributed by atoms with Crippen LogP contribution >= 0.6 is 7.14 Å². The van der Waals surface area contributed by atoms with E-state index < -0.39 is 7.14 Å². The summed E-state index contributed by atoms with van der Waals surface area (Å²) in [5.74, 6) is 2.49. The third-order valence-corrected chi connectivity index (χ3v) is 8.66. The quantitative estimate of drug-likeness (QED) is 0.314. The number of H-pyrrole nitrogens is 1. The molecule has 38 heavy (non-hydrogen) atoms. The first-order valence-electron chi connectivity index (χ1n) is 12.6. The molecule has 10 nitrogen and oxygen atoms in total. The molecular weight excluding hydrogens is 501 g/mol. The molecule has 198 valence electrons. The lowest BCUT2D eigenvalue weighted by atomic mass is 10.1. The summed E-state index contributed by atoms with van der Waals surface area (Å²) in [6.07, 6.45) is 1.82. The third-order valence-electron chi connectivity index (χ3n) is 7.11. The Morgan fingerprint density at radius 1 is 1.11 bits per heavy atom. The van der Waals surface area contributed by atoms with Crippen LogP contribution in [0.2, 0.25) is 0 Å². The molecule has 4 heterocycles. The number of fused-ring (bicyclic) bond motifs is 4. The van der Waals surface area contributed by atoms with E-state index in [1.165, 1.54) is 0 Å². The van der Waals surface area contributed by atoms with Crippen molar-refractivity contribution in [1.82, 2.24) is 19.9 Å². The Morgan fingerprint density at radius 2 is 1.95 bits per heavy atom. The van der Waals surface area contributed by atoms with Crippen LogP contribution in [-0.2, 0) is 4.57 Å². The smallest absolute Gasteiger partial charge is 0.231 e. The number of piperazine rings is 1. The molecule has 4 aromatic rings. The van der Waals surface area contributed by atoms with Crippen molar-refractivity contribution in [1.29, 1.82) is 0 Å². The predicted octanol–water partition coefficient (Wildman–Crippen LogP) is 4.21. The van der Waals surface area contributed by atoms with Crippen molar-refractivity contribution in [3.63, 3.8) is 0 Å². The van der Waals surface area contributed by atoms with Crippen LogP contribution in [0.1, 0.15) is 0 Å². The second-order valence-corrected chi connectivity index (χ2v) is 13.4. The maximum atomic E-state index is 12.9. The van der Waals surface area contributed by atoms with Gasteiger partial charge in [0.1, 0.15) is 36.7 Å². The van der Waals surface area contributed by atoms with E-state index in [4.69, 9.17) is 14.5 Å². The number of aromatic amines is 1. The van der Waals surface area contributed by atoms with Gasteiger partial charge in [0.15, 0.2) is 0 Å². The van der Waals surface area contributed by atoms with Crippen molar-refractivity contribution in [3.8, 4) is 11.5 Å². The molecule has 6 rings (SSSR count). The summed E-state index contributed by atoms with van der Waals surface area (Å²) in [4.78, 5) is 17.4. The van der Waals surface area contributed by atoms with Crippen LogP contribution in [0.15, 0.2) is 48.7 Å². The second kappa shape index (κ2) is 9.53. The van der Waals surface area contributed by atoms with Gasteiger partial charge in [-0.15, -0.1) is 0 Å². The summed E-state index contributed by atoms with van der Waals surface area (Å²) >= 11 is 0. The van der Waals surface area contributed by atoms with Crippen LogP contribution < -0.4 is 30.3 Å². The molecule has 0 aliphatic carbocycles. The number of hydrogen-bond donors (Lipinski definition) is 3. The van der Waals surface area contributed by atoms with E-state index in [2.05, 4.69) is 37.4 Å². The van der Waals surface area contributed by atoms with Gasteiger partial charge in [-0.2, -0.15) is 9.97 Å². The first-order chi connectivity index (χ1) is 18.3. The molecule has 2 aliphatic rings. The Morgan fingerprint density at radius 3 is 2.76 bits per heavy atom. The zero-order valence-electron chi connectivity index (χ0n) is 22.0. The fourth-order valence-corrected chi connectivity index (χ4v) is 6.36. The van der Waals surface area contributed by atoms with Crippen molar-refractivity contribution in [2.45, 2.75) is 6.04 Å². The predicted molar refractivity (Wildman–Crippen MR) is 153 cm³/mol. The molecular formula is C27H32N7O3P. The first-order valence-corrected chi connectivity index (χ1v) is 15.2. The van der Waals surface area contributed by atoms with Gasteiger partial charge in [-0.05, 0) is 38.6 Å². The lowest BCUT2D eigenvalue weighted by Gasteiger charge is -2.44. The third kappa shape index (κ3) is 4.54. The molecule has 0 bridgehead atoms. The standard InChI is InChI=1S/C27H32N7O3P/c1-33-11-12-34-17(15-33)16-37-23-13-20(22(36-2)14-21(23)34)30-27-31-25-18(9-10-28-25)26(32-27)29-19-7-5-6-8-24(19)38(3,4)35/h5-10,13-14,17H,11-12,15-16H2,1-4H3,(H3,28,29,30,31,32)/t17-/m1/s1. The minimum Gasteiger partial charge on any atom is -0.494 e. The molecule has 1 saturated heterocycles. The summed E-state index contributed by atoms with van der Waals surface area (Å²) < 4.78 is 24.9. The van der Waals surface area contributed by atoms with Crippen molar-refractivity contribution < 1.29 is 14.0 Å². The van der Waals surface area contributed by atoms with Gasteiger partial charge in [0, 0.05) is 43.3 Å². The van der Waals surface area contributed by atoms with E-state index in [9.17, 15) is 4.57 Å². The number of anilines is 5. The second-order valence-electron chi connectivity index (χ2n) is 10.2. The number of methoxy groups -OCH3 is 1. The molecule has 3 N–H and O–H groups in total. The zero-order chi connectivity index (χ0) is 26.4. The van der Waals surface area contributed by atoms with Crippen molar-refractivity contribution in [2.75, 3.05) is 69.3 Å². The van der Waals surface area contributed by atoms with Gasteiger partial charge < -0.3 is 39.5 Å². The van der Waals surface area contributed by atoms with Gasteiger partial charge >= 0.3 is 0 Å². The highest BCUT2D eigenvalue weighted by atomic mass is 31.2. The highest BCUT2D eigenvalue weighted by molar-refractivity contribution is 7.70. The highest BCUT2D eigenvalue weighted by Crippen LogP contribution is 2.43. The Hall–Kier alpha value is -3.75. The van der Waals surface area contributed by atoms with E-state index in [1.54, 1.807) is 20.4 Å². The average molecular weight is 534 g/mol. The summed E-state index contributed by atoms with van der Waals surface area (Å²) in [5.41, 5.74) is 3.18. The van der Waals surface area contributed by atoms with Gasteiger partial charge in [0.05, 0.1) is 35.6 Å². The summed E-state index contributed by atoms with van der Waals surface area (Å²) in [5, 5.41) is 8.33. The van der Waals surface area contributed by atoms with Gasteiger partial charge in [-0.25, -0.2) is 0 Å². The van der Waals surface area contributed by atoms with Crippen LogP contribution in [0, 0.1) is 0 Å². The maximum absolute atomic E-state index is 12.9. The molecule has 0 radical (unpaired) electrons. The van der Waals surface area contributed by atoms with E-state index >= 15 is 0 Å². The van der Waals surface area contributed by atoms with Crippen LogP contribution in [0.25, 0.3) is 11.0 Å². The number of benzene rings is 2. The molecule has 0 saturated carbocycles. The van der Waals surface area contributed by atoms with Crippen molar-refractivity contribution in [2.24, 2.45) is 0 Å². The van der Waals surface area contributed by atoms with E-state index in [1.807, 2.05) is 48.7 Å². The highest BCUT2D eigenvalue weighted by Gasteiger charge is 2.33. The lowest BCUT2D eigenvalue weighted by Crippen LogP contribution is -2.56. The summed E-state index contributed by atoms with van der Waals surface area (Å²) in [7, 11) is 1.30. The Labute approximate surface area is 221 Å². The Kier molecular flexibility index (Phi) is 6.16. The number of hydrogen-bond acceptors (Lipinski definition) is 9. The normalized spacial score (nSPS) is 17.5. The molecule has 0 unspecified atom stereocenters. The number of aromatic nitrogens is 3. The Balaban J connectivity index is 1.35. The molecule has 1 atom stereocenters. The van der Waals surface area contributed by atoms with Crippen LogP contribution in [-0.4, -0.2) is 79.6 Å². The summed E-state index contributed by atoms with van der Waals surface area (Å²) in [6.45, 7) is 7.09. The van der Waals surface area contributed by atoms with Gasteiger partial charge in [0.2, 0.25) is 5.95 Å². The molecule has 0 amide bonds. The first kappa shape index (κ1) is 24.6. The molecule has 11 heteroatoms. The number of likely N-dealkylation sites (N-methyl/N-ethyl adjacent to an activating group) is 1. The number of rotatable bonds is 6. The monoisotopic (exact) mass is 533 g/mol. The Bertz CT molecular complexity index is 1550. The topological polar surface area (TPSA) is 108 Å². The van der Waals surface area contributed by atoms with Gasteiger partial charge in [-0.1, -0.05) is 12.1 Å². The minimum absolute atomic E-state index is 0.321. The maximum Gasteiger partial charge on any atom is 0.231 e. The van der Waals surface area contributed by atoms with Crippen molar-refractivity contribution >= 4 is 52.3 Å². The van der Waals surface area contributed by atoms with E-state index in [0.29, 0.717) is 41.5 Å². The van der Waals surface area contributed by atoms with Crippen LogP contribution in [0.3, 0.4) is 0 Å². The number of ether oxygens (including phenoxy) is 2. The van der Waals surface area contributed by atoms with E-state index in [-0.39, 0.29) is 0 Å². The van der Waals surface area contributed by atoms with E-state index in [0.717, 1.165) is 47.4 Å². The minimum atomic E-state index is -2.51. The molecule has 0 spiro atoms. The molecule has 2 aliphatic heterocycles. The van der Waals surface area contributed by atoms with Crippen LogP contribution in [0.4, 0.5) is 28.8 Å². The molecule has 2 aromatic heterocycles. The molecule has 2 aromatic carbocycles.